The SMILES string of the molecule is Cc1ccccc1C(=O)CCc1ccc([N+](=O)[O-])o1. The van der Waals surface area contributed by atoms with Gasteiger partial charge >= 0.3 is 5.88 Å². The molecule has 1 aromatic heterocycles. The predicted octanol–water partition coefficient (Wildman–Crippen LogP) is 3.31. The van der Waals surface area contributed by atoms with Gasteiger partial charge < -0.3 is 4.42 Å². The van der Waals surface area contributed by atoms with Crippen LogP contribution in [0.1, 0.15) is 28.1 Å². The lowest BCUT2D eigenvalue weighted by atomic mass is 10.0. The van der Waals surface area contributed by atoms with Crippen LogP contribution < -0.4 is 0 Å². The Morgan fingerprint density at radius 3 is 2.63 bits per heavy atom. The topological polar surface area (TPSA) is 73.3 Å². The minimum Gasteiger partial charge on any atom is -0.406 e. The zero-order valence-corrected chi connectivity index (χ0v) is 10.5. The number of Topliss-reactive ketones (excluding diaryl/α,β-unsaturated/α-hetero) is 1. The van der Waals surface area contributed by atoms with Crippen LogP contribution in [0.4, 0.5) is 5.88 Å². The smallest absolute Gasteiger partial charge is 0.406 e. The standard InChI is InChI=1S/C14H13NO4/c1-10-4-2-3-5-12(10)13(16)8-6-11-7-9-14(19-11)15(17)18/h2-5,7,9H,6,8H2,1H3. The second-order valence-electron chi connectivity index (χ2n) is 4.24. The number of rotatable bonds is 5. The van der Waals surface area contributed by atoms with E-state index in [0.717, 1.165) is 5.56 Å². The van der Waals surface area contributed by atoms with Crippen molar-refractivity contribution < 1.29 is 14.1 Å². The molecule has 0 bridgehead atoms. The van der Waals surface area contributed by atoms with Crippen molar-refractivity contribution in [3.8, 4) is 0 Å². The normalized spacial score (nSPS) is 10.4. The summed E-state index contributed by atoms with van der Waals surface area (Å²) in [5, 5.41) is 10.5. The molecule has 0 radical (unpaired) electrons. The van der Waals surface area contributed by atoms with Gasteiger partial charge in [-0.05, 0) is 18.6 Å². The Kier molecular flexibility index (Phi) is 3.75. The lowest BCUT2D eigenvalue weighted by Crippen LogP contribution is -2.02. The molecule has 0 aliphatic rings. The molecule has 0 aliphatic carbocycles. The van der Waals surface area contributed by atoms with Gasteiger partial charge in [-0.25, -0.2) is 0 Å². The third-order valence-electron chi connectivity index (χ3n) is 2.87. The highest BCUT2D eigenvalue weighted by Crippen LogP contribution is 2.18. The van der Waals surface area contributed by atoms with Crippen LogP contribution in [0, 0.1) is 17.0 Å². The zero-order valence-electron chi connectivity index (χ0n) is 10.5. The molecule has 1 heterocycles. The van der Waals surface area contributed by atoms with E-state index < -0.39 is 4.92 Å². The fraction of sp³-hybridized carbons (Fsp3) is 0.214. The van der Waals surface area contributed by atoms with Gasteiger partial charge in [0.05, 0.1) is 6.07 Å². The molecule has 98 valence electrons. The molecule has 19 heavy (non-hydrogen) atoms. The quantitative estimate of drug-likeness (QED) is 0.469. The van der Waals surface area contributed by atoms with Gasteiger partial charge in [-0.1, -0.05) is 24.3 Å². The van der Waals surface area contributed by atoms with Gasteiger partial charge in [-0.2, -0.15) is 0 Å². The minimum atomic E-state index is -0.591. The van der Waals surface area contributed by atoms with Gasteiger partial charge in [0.15, 0.2) is 5.78 Å². The number of aryl methyl sites for hydroxylation is 2. The predicted molar refractivity (Wildman–Crippen MR) is 69.2 cm³/mol. The van der Waals surface area contributed by atoms with Crippen LogP contribution in [0.2, 0.25) is 0 Å². The summed E-state index contributed by atoms with van der Waals surface area (Å²) < 4.78 is 5.01. The van der Waals surface area contributed by atoms with Crippen molar-refractivity contribution in [3.05, 3.63) is 63.4 Å². The summed E-state index contributed by atoms with van der Waals surface area (Å²) in [4.78, 5) is 21.9. The summed E-state index contributed by atoms with van der Waals surface area (Å²) in [5.74, 6) is 0.170. The van der Waals surface area contributed by atoms with Crippen LogP contribution in [0.25, 0.3) is 0 Å². The van der Waals surface area contributed by atoms with Gasteiger partial charge in [-0.3, -0.25) is 14.9 Å². The van der Waals surface area contributed by atoms with Gasteiger partial charge in [0.1, 0.15) is 10.7 Å². The van der Waals surface area contributed by atoms with E-state index in [9.17, 15) is 14.9 Å². The van der Waals surface area contributed by atoms with Gasteiger partial charge in [-0.15, -0.1) is 0 Å². The molecule has 5 nitrogen and oxygen atoms in total. The Morgan fingerprint density at radius 1 is 1.26 bits per heavy atom. The van der Waals surface area contributed by atoms with Crippen molar-refractivity contribution in [2.24, 2.45) is 0 Å². The van der Waals surface area contributed by atoms with Gasteiger partial charge in [0.2, 0.25) is 0 Å². The summed E-state index contributed by atoms with van der Waals surface area (Å²) >= 11 is 0. The molecular formula is C14H13NO4. The summed E-state index contributed by atoms with van der Waals surface area (Å²) in [6, 6.07) is 10.2. The number of nitrogens with zero attached hydrogens (tertiary/aromatic N) is 1. The van der Waals surface area contributed by atoms with E-state index in [1.165, 1.54) is 12.1 Å². The molecule has 0 saturated heterocycles. The zero-order chi connectivity index (χ0) is 13.8. The summed E-state index contributed by atoms with van der Waals surface area (Å²) in [7, 11) is 0. The maximum atomic E-state index is 12.0. The first-order valence-corrected chi connectivity index (χ1v) is 5.90. The Morgan fingerprint density at radius 2 is 2.00 bits per heavy atom. The lowest BCUT2D eigenvalue weighted by Gasteiger charge is -2.03. The van der Waals surface area contributed by atoms with Crippen molar-refractivity contribution in [1.82, 2.24) is 0 Å². The molecular weight excluding hydrogens is 246 g/mol. The largest absolute Gasteiger partial charge is 0.433 e. The summed E-state index contributed by atoms with van der Waals surface area (Å²) in [6.45, 7) is 1.88. The van der Waals surface area contributed by atoms with E-state index in [2.05, 4.69) is 0 Å². The number of hydrogen-bond donors (Lipinski definition) is 0. The third-order valence-corrected chi connectivity index (χ3v) is 2.87. The molecule has 0 N–H and O–H groups in total. The van der Waals surface area contributed by atoms with Crippen molar-refractivity contribution in [2.45, 2.75) is 19.8 Å². The number of benzene rings is 1. The maximum Gasteiger partial charge on any atom is 0.433 e. The molecule has 0 aliphatic heterocycles. The van der Waals surface area contributed by atoms with E-state index in [4.69, 9.17) is 4.42 Å². The third kappa shape index (κ3) is 3.07. The highest BCUT2D eigenvalue weighted by atomic mass is 16.6. The molecule has 5 heteroatoms. The van der Waals surface area contributed by atoms with E-state index in [1.807, 2.05) is 25.1 Å². The van der Waals surface area contributed by atoms with Crippen LogP contribution in [-0.2, 0) is 6.42 Å². The first-order valence-electron chi connectivity index (χ1n) is 5.90. The molecule has 0 fully saturated rings. The number of hydrogen-bond acceptors (Lipinski definition) is 4. The maximum absolute atomic E-state index is 12.0. The molecule has 0 atom stereocenters. The van der Waals surface area contributed by atoms with Crippen molar-refractivity contribution in [1.29, 1.82) is 0 Å². The molecule has 0 amide bonds. The Labute approximate surface area is 110 Å². The number of carbonyl (C=O) groups excluding carboxylic acids is 1. The van der Waals surface area contributed by atoms with Crippen LogP contribution in [0.5, 0.6) is 0 Å². The molecule has 2 rings (SSSR count). The molecule has 0 spiro atoms. The average molecular weight is 259 g/mol. The van der Waals surface area contributed by atoms with Gasteiger partial charge in [0, 0.05) is 18.4 Å². The number of carbonyl (C=O) groups is 1. The van der Waals surface area contributed by atoms with Gasteiger partial charge in [0.25, 0.3) is 0 Å². The van der Waals surface area contributed by atoms with Crippen LogP contribution >= 0.6 is 0 Å². The van der Waals surface area contributed by atoms with Crippen molar-refractivity contribution >= 4 is 11.7 Å². The Balaban J connectivity index is 2.00. The second kappa shape index (κ2) is 5.48. The van der Waals surface area contributed by atoms with E-state index in [-0.39, 0.29) is 18.1 Å². The van der Waals surface area contributed by atoms with Crippen molar-refractivity contribution in [2.75, 3.05) is 0 Å². The number of nitro groups is 1. The Bertz CT molecular complexity index is 615. The van der Waals surface area contributed by atoms with Crippen LogP contribution in [0.15, 0.2) is 40.8 Å². The van der Waals surface area contributed by atoms with E-state index >= 15 is 0 Å². The molecule has 1 aromatic carbocycles. The minimum absolute atomic E-state index is 0.0113. The highest BCUT2D eigenvalue weighted by Gasteiger charge is 2.14. The Hall–Kier alpha value is -2.43. The first-order chi connectivity index (χ1) is 9.08. The molecule has 2 aromatic rings. The average Bonchev–Trinajstić information content (AvgIpc) is 2.85. The van der Waals surface area contributed by atoms with Crippen LogP contribution in [-0.4, -0.2) is 10.7 Å². The molecule has 0 unspecified atom stereocenters. The number of ketones is 1. The van der Waals surface area contributed by atoms with E-state index in [1.54, 1.807) is 6.07 Å². The fourth-order valence-corrected chi connectivity index (χ4v) is 1.86. The highest BCUT2D eigenvalue weighted by molar-refractivity contribution is 5.97. The van der Waals surface area contributed by atoms with Crippen molar-refractivity contribution in [3.63, 3.8) is 0 Å². The molecule has 0 saturated carbocycles. The summed E-state index contributed by atoms with van der Waals surface area (Å²) in [5.41, 5.74) is 1.61. The van der Waals surface area contributed by atoms with E-state index in [0.29, 0.717) is 17.7 Å². The lowest BCUT2D eigenvalue weighted by molar-refractivity contribution is -0.402. The summed E-state index contributed by atoms with van der Waals surface area (Å²) in [6.07, 6.45) is 0.635. The fourth-order valence-electron chi connectivity index (χ4n) is 1.86. The number of furan rings is 1. The second-order valence-corrected chi connectivity index (χ2v) is 4.24. The monoisotopic (exact) mass is 259 g/mol. The first kappa shape index (κ1) is 13.0. The van der Waals surface area contributed by atoms with Crippen LogP contribution in [0.3, 0.4) is 0 Å².